The van der Waals surface area contributed by atoms with E-state index < -0.39 is 0 Å². The first-order valence-electron chi connectivity index (χ1n) is 5.83. The van der Waals surface area contributed by atoms with E-state index in [2.05, 4.69) is 15.5 Å². The Kier molecular flexibility index (Phi) is 2.64. The number of aromatic nitrogens is 2. The normalized spacial score (nSPS) is 10.5. The van der Waals surface area contributed by atoms with Crippen LogP contribution in [0.3, 0.4) is 0 Å². The van der Waals surface area contributed by atoms with Gasteiger partial charge < -0.3 is 11.1 Å². The molecule has 0 saturated carbocycles. The molecule has 1 heterocycles. The third-order valence-corrected chi connectivity index (χ3v) is 2.91. The summed E-state index contributed by atoms with van der Waals surface area (Å²) in [6.07, 6.45) is 1.57. The van der Waals surface area contributed by atoms with Gasteiger partial charge in [0.15, 0.2) is 0 Å². The number of nitrogen functional groups attached to an aromatic ring is 1. The van der Waals surface area contributed by atoms with Crippen molar-refractivity contribution in [2.24, 2.45) is 0 Å². The third kappa shape index (κ3) is 2.13. The summed E-state index contributed by atoms with van der Waals surface area (Å²) in [6.45, 7) is 0. The van der Waals surface area contributed by atoms with Crippen molar-refractivity contribution in [3.05, 3.63) is 54.2 Å². The minimum Gasteiger partial charge on any atom is -0.398 e. The Bertz CT molecular complexity index is 734. The number of H-pyrrole nitrogens is 1. The van der Waals surface area contributed by atoms with Crippen molar-refractivity contribution in [2.45, 2.75) is 0 Å². The standard InChI is InChI=1S/C14H12N4O/c15-12-8-10-4-2-1-3-9(10)7-11(12)14(19)17-13-5-6-16-18-13/h1-8H,15H2,(H2,16,17,18,19). The van der Waals surface area contributed by atoms with Gasteiger partial charge in [0, 0.05) is 11.8 Å². The fourth-order valence-electron chi connectivity index (χ4n) is 1.97. The van der Waals surface area contributed by atoms with E-state index in [0.29, 0.717) is 17.1 Å². The maximum atomic E-state index is 12.1. The molecule has 4 N–H and O–H groups in total. The maximum absolute atomic E-state index is 12.1. The van der Waals surface area contributed by atoms with E-state index >= 15 is 0 Å². The van der Waals surface area contributed by atoms with Crippen LogP contribution in [-0.4, -0.2) is 16.1 Å². The number of fused-ring (bicyclic) bond motifs is 1. The number of benzene rings is 2. The van der Waals surface area contributed by atoms with Gasteiger partial charge in [-0.05, 0) is 22.9 Å². The highest BCUT2D eigenvalue weighted by atomic mass is 16.1. The zero-order valence-electron chi connectivity index (χ0n) is 10.1. The van der Waals surface area contributed by atoms with E-state index in [1.165, 1.54) is 0 Å². The summed E-state index contributed by atoms with van der Waals surface area (Å²) in [5, 5.41) is 11.1. The smallest absolute Gasteiger partial charge is 0.258 e. The van der Waals surface area contributed by atoms with E-state index in [4.69, 9.17) is 5.73 Å². The van der Waals surface area contributed by atoms with Gasteiger partial charge in [0.05, 0.1) is 11.8 Å². The van der Waals surface area contributed by atoms with Gasteiger partial charge in [-0.25, -0.2) is 0 Å². The van der Waals surface area contributed by atoms with Gasteiger partial charge in [-0.1, -0.05) is 24.3 Å². The molecule has 0 bridgehead atoms. The molecular weight excluding hydrogens is 240 g/mol. The van der Waals surface area contributed by atoms with E-state index in [1.54, 1.807) is 24.4 Å². The summed E-state index contributed by atoms with van der Waals surface area (Å²) in [5.74, 6) is 0.282. The molecule has 0 fully saturated rings. The van der Waals surface area contributed by atoms with Crippen LogP contribution in [0.4, 0.5) is 11.5 Å². The van der Waals surface area contributed by atoms with Crippen LogP contribution in [0, 0.1) is 0 Å². The number of carbonyl (C=O) groups is 1. The van der Waals surface area contributed by atoms with Crippen molar-refractivity contribution < 1.29 is 4.79 Å². The molecule has 0 saturated heterocycles. The quantitative estimate of drug-likeness (QED) is 0.612. The lowest BCUT2D eigenvalue weighted by molar-refractivity contribution is 0.102. The number of amides is 1. The molecule has 1 aromatic heterocycles. The Morgan fingerprint density at radius 2 is 1.89 bits per heavy atom. The van der Waals surface area contributed by atoms with Crippen molar-refractivity contribution in [2.75, 3.05) is 11.1 Å². The second-order valence-corrected chi connectivity index (χ2v) is 4.21. The molecule has 0 atom stereocenters. The number of nitrogens with zero attached hydrogens (tertiary/aromatic N) is 1. The fraction of sp³-hybridized carbons (Fsp3) is 0. The average molecular weight is 252 g/mol. The number of anilines is 2. The number of aromatic amines is 1. The van der Waals surface area contributed by atoms with Gasteiger partial charge in [0.25, 0.3) is 5.91 Å². The summed E-state index contributed by atoms with van der Waals surface area (Å²) in [6, 6.07) is 13.0. The van der Waals surface area contributed by atoms with E-state index in [9.17, 15) is 4.79 Å². The van der Waals surface area contributed by atoms with Crippen molar-refractivity contribution in [1.29, 1.82) is 0 Å². The third-order valence-electron chi connectivity index (χ3n) is 2.91. The Morgan fingerprint density at radius 1 is 1.16 bits per heavy atom. The second kappa shape index (κ2) is 4.45. The van der Waals surface area contributed by atoms with Crippen LogP contribution in [0.25, 0.3) is 10.8 Å². The van der Waals surface area contributed by atoms with Crippen molar-refractivity contribution in [1.82, 2.24) is 10.2 Å². The Balaban J connectivity index is 1.99. The molecule has 0 radical (unpaired) electrons. The molecule has 0 aliphatic rings. The maximum Gasteiger partial charge on any atom is 0.258 e. The highest BCUT2D eigenvalue weighted by Crippen LogP contribution is 2.22. The Morgan fingerprint density at radius 3 is 2.58 bits per heavy atom. The molecule has 0 aliphatic carbocycles. The number of nitrogens with two attached hydrogens (primary N) is 1. The first-order chi connectivity index (χ1) is 9.24. The monoisotopic (exact) mass is 252 g/mol. The van der Waals surface area contributed by atoms with Gasteiger partial charge in [0.1, 0.15) is 5.82 Å². The number of hydrogen-bond acceptors (Lipinski definition) is 3. The first kappa shape index (κ1) is 11.3. The zero-order chi connectivity index (χ0) is 13.2. The Labute approximate surface area is 109 Å². The molecule has 19 heavy (non-hydrogen) atoms. The fourth-order valence-corrected chi connectivity index (χ4v) is 1.97. The van der Waals surface area contributed by atoms with Crippen molar-refractivity contribution in [3.8, 4) is 0 Å². The van der Waals surface area contributed by atoms with Gasteiger partial charge in [0.2, 0.25) is 0 Å². The predicted octanol–water partition coefficient (Wildman–Crippen LogP) is 2.40. The molecule has 2 aromatic carbocycles. The van der Waals surface area contributed by atoms with Crippen LogP contribution in [0.1, 0.15) is 10.4 Å². The lowest BCUT2D eigenvalue weighted by Gasteiger charge is -2.07. The number of rotatable bonds is 2. The Hall–Kier alpha value is -2.82. The molecule has 0 aliphatic heterocycles. The summed E-state index contributed by atoms with van der Waals surface area (Å²) in [4.78, 5) is 12.1. The molecule has 1 amide bonds. The highest BCUT2D eigenvalue weighted by molar-refractivity contribution is 6.10. The minimum atomic E-state index is -0.257. The van der Waals surface area contributed by atoms with Gasteiger partial charge in [-0.15, -0.1) is 0 Å². The lowest BCUT2D eigenvalue weighted by Crippen LogP contribution is -2.14. The summed E-state index contributed by atoms with van der Waals surface area (Å²) >= 11 is 0. The van der Waals surface area contributed by atoms with E-state index in [0.717, 1.165) is 10.8 Å². The molecule has 0 unspecified atom stereocenters. The highest BCUT2D eigenvalue weighted by Gasteiger charge is 2.11. The lowest BCUT2D eigenvalue weighted by atomic mass is 10.0. The van der Waals surface area contributed by atoms with Crippen LogP contribution in [0.2, 0.25) is 0 Å². The van der Waals surface area contributed by atoms with Crippen molar-refractivity contribution in [3.63, 3.8) is 0 Å². The second-order valence-electron chi connectivity index (χ2n) is 4.21. The molecule has 94 valence electrons. The van der Waals surface area contributed by atoms with Gasteiger partial charge in [-0.3, -0.25) is 9.89 Å². The molecule has 5 nitrogen and oxygen atoms in total. The van der Waals surface area contributed by atoms with Crippen LogP contribution >= 0.6 is 0 Å². The van der Waals surface area contributed by atoms with Gasteiger partial charge >= 0.3 is 0 Å². The van der Waals surface area contributed by atoms with E-state index in [-0.39, 0.29) is 5.91 Å². The van der Waals surface area contributed by atoms with Crippen molar-refractivity contribution >= 4 is 28.2 Å². The summed E-state index contributed by atoms with van der Waals surface area (Å²) in [5.41, 5.74) is 6.84. The van der Waals surface area contributed by atoms with E-state index in [1.807, 2.05) is 24.3 Å². The largest absolute Gasteiger partial charge is 0.398 e. The molecule has 5 heteroatoms. The van der Waals surface area contributed by atoms with Crippen LogP contribution in [0.15, 0.2) is 48.7 Å². The van der Waals surface area contributed by atoms with Crippen LogP contribution in [0.5, 0.6) is 0 Å². The molecule has 3 aromatic rings. The molecule has 0 spiro atoms. The first-order valence-corrected chi connectivity index (χ1v) is 5.83. The number of nitrogens with one attached hydrogen (secondary N) is 2. The van der Waals surface area contributed by atoms with Crippen LogP contribution in [-0.2, 0) is 0 Å². The predicted molar refractivity (Wildman–Crippen MR) is 74.9 cm³/mol. The summed E-state index contributed by atoms with van der Waals surface area (Å²) in [7, 11) is 0. The number of hydrogen-bond donors (Lipinski definition) is 3. The molecular formula is C14H12N4O. The number of carbonyl (C=O) groups excluding carboxylic acids is 1. The topological polar surface area (TPSA) is 83.8 Å². The average Bonchev–Trinajstić information content (AvgIpc) is 2.90. The SMILES string of the molecule is Nc1cc2ccccc2cc1C(=O)Nc1ccn[nH]1. The summed E-state index contributed by atoms with van der Waals surface area (Å²) < 4.78 is 0. The van der Waals surface area contributed by atoms with Crippen LogP contribution < -0.4 is 11.1 Å². The zero-order valence-corrected chi connectivity index (χ0v) is 10.1. The van der Waals surface area contributed by atoms with Gasteiger partial charge in [-0.2, -0.15) is 5.10 Å². The minimum absolute atomic E-state index is 0.257. The molecule has 3 rings (SSSR count).